The Balaban J connectivity index is 2.13. The van der Waals surface area contributed by atoms with Gasteiger partial charge in [0, 0.05) is 11.8 Å². The number of hydrogen-bond donors (Lipinski definition) is 2. The lowest BCUT2D eigenvalue weighted by atomic mass is 10.2. The molecular weight excluding hydrogens is 184 g/mol. The molecule has 0 saturated carbocycles. The van der Waals surface area contributed by atoms with E-state index in [4.69, 9.17) is 5.73 Å². The van der Waals surface area contributed by atoms with Gasteiger partial charge in [-0.25, -0.2) is 0 Å². The standard InChI is InChI=1S/C9H18N2OS/c1-2-8(10)9(12)11-6-7-4-3-5-13-7/h7-8H,2-6,10H2,1H3,(H,11,12). The Bertz CT molecular complexity index is 169. The third kappa shape index (κ3) is 3.56. The number of carbonyl (C=O) groups is 1. The van der Waals surface area contributed by atoms with Crippen LogP contribution < -0.4 is 11.1 Å². The molecule has 1 aliphatic heterocycles. The molecule has 4 heteroatoms. The van der Waals surface area contributed by atoms with E-state index in [1.165, 1.54) is 18.6 Å². The Morgan fingerprint density at radius 1 is 1.77 bits per heavy atom. The fourth-order valence-electron chi connectivity index (χ4n) is 1.34. The molecular formula is C9H18N2OS. The predicted octanol–water partition coefficient (Wildman–Crippen LogP) is 0.735. The summed E-state index contributed by atoms with van der Waals surface area (Å²) in [5.41, 5.74) is 5.58. The second-order valence-corrected chi connectivity index (χ2v) is 4.80. The highest BCUT2D eigenvalue weighted by Crippen LogP contribution is 2.25. The Morgan fingerprint density at radius 2 is 2.54 bits per heavy atom. The molecule has 0 radical (unpaired) electrons. The van der Waals surface area contributed by atoms with Crippen LogP contribution in [0.1, 0.15) is 26.2 Å². The topological polar surface area (TPSA) is 55.1 Å². The molecule has 13 heavy (non-hydrogen) atoms. The average molecular weight is 202 g/mol. The molecule has 0 aromatic rings. The van der Waals surface area contributed by atoms with Gasteiger partial charge in [0.05, 0.1) is 6.04 Å². The van der Waals surface area contributed by atoms with Crippen LogP contribution in [0.15, 0.2) is 0 Å². The Labute approximate surface area is 83.8 Å². The normalized spacial score (nSPS) is 24.3. The third-order valence-electron chi connectivity index (χ3n) is 2.30. The lowest BCUT2D eigenvalue weighted by Crippen LogP contribution is -2.42. The molecule has 3 N–H and O–H groups in total. The predicted molar refractivity (Wildman–Crippen MR) is 56.8 cm³/mol. The van der Waals surface area contributed by atoms with E-state index in [1.54, 1.807) is 0 Å². The van der Waals surface area contributed by atoms with E-state index in [2.05, 4.69) is 5.32 Å². The van der Waals surface area contributed by atoms with Gasteiger partial charge in [0.1, 0.15) is 0 Å². The van der Waals surface area contributed by atoms with E-state index >= 15 is 0 Å². The first-order valence-electron chi connectivity index (χ1n) is 4.89. The molecule has 0 aliphatic carbocycles. The van der Waals surface area contributed by atoms with Crippen molar-refractivity contribution in [3.8, 4) is 0 Å². The van der Waals surface area contributed by atoms with Gasteiger partial charge >= 0.3 is 0 Å². The summed E-state index contributed by atoms with van der Waals surface area (Å²) in [4.78, 5) is 11.3. The van der Waals surface area contributed by atoms with Gasteiger partial charge in [-0.05, 0) is 25.0 Å². The third-order valence-corrected chi connectivity index (χ3v) is 3.70. The maximum atomic E-state index is 11.3. The van der Waals surface area contributed by atoms with E-state index in [-0.39, 0.29) is 11.9 Å². The maximum absolute atomic E-state index is 11.3. The summed E-state index contributed by atoms with van der Waals surface area (Å²) in [6, 6.07) is -0.327. The van der Waals surface area contributed by atoms with Gasteiger partial charge < -0.3 is 11.1 Å². The summed E-state index contributed by atoms with van der Waals surface area (Å²) in [5, 5.41) is 3.51. The van der Waals surface area contributed by atoms with Crippen LogP contribution in [0, 0.1) is 0 Å². The van der Waals surface area contributed by atoms with Gasteiger partial charge in [-0.3, -0.25) is 4.79 Å². The zero-order valence-corrected chi connectivity index (χ0v) is 8.90. The maximum Gasteiger partial charge on any atom is 0.236 e. The van der Waals surface area contributed by atoms with Gasteiger partial charge in [-0.2, -0.15) is 11.8 Å². The first kappa shape index (κ1) is 10.9. The Hall–Kier alpha value is -0.220. The molecule has 2 atom stereocenters. The monoisotopic (exact) mass is 202 g/mol. The molecule has 0 aromatic carbocycles. The second-order valence-electron chi connectivity index (χ2n) is 3.39. The highest BCUT2D eigenvalue weighted by atomic mass is 32.2. The zero-order valence-electron chi connectivity index (χ0n) is 8.08. The smallest absolute Gasteiger partial charge is 0.236 e. The van der Waals surface area contributed by atoms with Crippen molar-refractivity contribution in [2.75, 3.05) is 12.3 Å². The van der Waals surface area contributed by atoms with Crippen LogP contribution in [0.5, 0.6) is 0 Å². The van der Waals surface area contributed by atoms with Gasteiger partial charge in [-0.1, -0.05) is 6.92 Å². The van der Waals surface area contributed by atoms with Crippen molar-refractivity contribution < 1.29 is 4.79 Å². The summed E-state index contributed by atoms with van der Waals surface area (Å²) >= 11 is 1.95. The lowest BCUT2D eigenvalue weighted by Gasteiger charge is -2.13. The van der Waals surface area contributed by atoms with Gasteiger partial charge in [0.2, 0.25) is 5.91 Å². The molecule has 1 saturated heterocycles. The van der Waals surface area contributed by atoms with Crippen LogP contribution in [0.3, 0.4) is 0 Å². The molecule has 76 valence electrons. The van der Waals surface area contributed by atoms with E-state index in [0.717, 1.165) is 6.54 Å². The van der Waals surface area contributed by atoms with Crippen LogP contribution >= 0.6 is 11.8 Å². The number of nitrogens with one attached hydrogen (secondary N) is 1. The van der Waals surface area contributed by atoms with Crippen LogP contribution in [-0.2, 0) is 4.79 Å². The number of hydrogen-bond acceptors (Lipinski definition) is 3. The van der Waals surface area contributed by atoms with Crippen molar-refractivity contribution in [1.82, 2.24) is 5.32 Å². The number of thioether (sulfide) groups is 1. The summed E-state index contributed by atoms with van der Waals surface area (Å²) in [5.74, 6) is 1.23. The van der Waals surface area contributed by atoms with Crippen LogP contribution in [0.4, 0.5) is 0 Å². The summed E-state index contributed by atoms with van der Waals surface area (Å²) in [6.45, 7) is 2.71. The van der Waals surface area contributed by atoms with Crippen LogP contribution in [-0.4, -0.2) is 29.5 Å². The summed E-state index contributed by atoms with van der Waals surface area (Å²) in [7, 11) is 0. The van der Waals surface area contributed by atoms with Gasteiger partial charge in [-0.15, -0.1) is 0 Å². The van der Waals surface area contributed by atoms with Crippen molar-refractivity contribution in [1.29, 1.82) is 0 Å². The van der Waals surface area contributed by atoms with E-state index in [0.29, 0.717) is 11.7 Å². The fourth-order valence-corrected chi connectivity index (χ4v) is 2.54. The number of rotatable bonds is 4. The summed E-state index contributed by atoms with van der Waals surface area (Å²) in [6.07, 6.45) is 3.22. The minimum atomic E-state index is -0.327. The molecule has 1 rings (SSSR count). The number of amides is 1. The zero-order chi connectivity index (χ0) is 9.68. The van der Waals surface area contributed by atoms with E-state index < -0.39 is 0 Å². The Morgan fingerprint density at radius 3 is 3.08 bits per heavy atom. The molecule has 0 spiro atoms. The minimum Gasteiger partial charge on any atom is -0.354 e. The first-order chi connectivity index (χ1) is 6.24. The van der Waals surface area contributed by atoms with Crippen molar-refractivity contribution in [3.05, 3.63) is 0 Å². The van der Waals surface area contributed by atoms with Crippen molar-refractivity contribution >= 4 is 17.7 Å². The molecule has 0 aromatic heterocycles. The summed E-state index contributed by atoms with van der Waals surface area (Å²) < 4.78 is 0. The first-order valence-corrected chi connectivity index (χ1v) is 5.93. The quantitative estimate of drug-likeness (QED) is 0.707. The number of nitrogens with two attached hydrogens (primary N) is 1. The van der Waals surface area contributed by atoms with Crippen LogP contribution in [0.2, 0.25) is 0 Å². The van der Waals surface area contributed by atoms with E-state index in [9.17, 15) is 4.79 Å². The van der Waals surface area contributed by atoms with E-state index in [1.807, 2.05) is 18.7 Å². The Kier molecular flexibility index (Phi) is 4.59. The van der Waals surface area contributed by atoms with Crippen molar-refractivity contribution in [3.63, 3.8) is 0 Å². The molecule has 1 heterocycles. The van der Waals surface area contributed by atoms with Crippen molar-refractivity contribution in [2.24, 2.45) is 5.73 Å². The molecule has 1 amide bonds. The highest BCUT2D eigenvalue weighted by Gasteiger charge is 2.17. The minimum absolute atomic E-state index is 0.00463. The van der Waals surface area contributed by atoms with Crippen LogP contribution in [0.25, 0.3) is 0 Å². The second kappa shape index (κ2) is 5.50. The molecule has 1 aliphatic rings. The molecule has 3 nitrogen and oxygen atoms in total. The molecule has 0 bridgehead atoms. The molecule has 1 fully saturated rings. The highest BCUT2D eigenvalue weighted by molar-refractivity contribution is 8.00. The lowest BCUT2D eigenvalue weighted by molar-refractivity contribution is -0.122. The largest absolute Gasteiger partial charge is 0.354 e. The number of carbonyl (C=O) groups excluding carboxylic acids is 1. The van der Waals surface area contributed by atoms with Gasteiger partial charge in [0.25, 0.3) is 0 Å². The average Bonchev–Trinajstić information content (AvgIpc) is 2.65. The SMILES string of the molecule is CCC(N)C(=O)NCC1CCCS1. The van der Waals surface area contributed by atoms with Gasteiger partial charge in [0.15, 0.2) is 0 Å². The van der Waals surface area contributed by atoms with Crippen molar-refractivity contribution in [2.45, 2.75) is 37.5 Å². The fraction of sp³-hybridized carbons (Fsp3) is 0.889. The molecule has 2 unspecified atom stereocenters.